The van der Waals surface area contributed by atoms with Gasteiger partial charge in [0.15, 0.2) is 0 Å². The lowest BCUT2D eigenvalue weighted by molar-refractivity contribution is -0.143. The number of carbonyl (C=O) groups is 3. The number of rotatable bonds is 12. The van der Waals surface area contributed by atoms with Gasteiger partial charge in [-0.05, 0) is 68.9 Å². The minimum atomic E-state index is -0.492. The van der Waals surface area contributed by atoms with Crippen LogP contribution in [0.3, 0.4) is 0 Å². The molecule has 0 saturated heterocycles. The molecule has 0 spiro atoms. The maximum absolute atomic E-state index is 14.1. The van der Waals surface area contributed by atoms with Crippen molar-refractivity contribution in [3.8, 4) is 5.75 Å². The van der Waals surface area contributed by atoms with Crippen molar-refractivity contribution in [3.05, 3.63) is 94.6 Å². The smallest absolute Gasteiger partial charge is 0.341 e. The van der Waals surface area contributed by atoms with E-state index in [4.69, 9.17) is 14.2 Å². The molecule has 0 aliphatic carbocycles. The summed E-state index contributed by atoms with van der Waals surface area (Å²) < 4.78 is 16.6. The third-order valence-electron chi connectivity index (χ3n) is 7.48. The van der Waals surface area contributed by atoms with E-state index < -0.39 is 12.0 Å². The average Bonchev–Trinajstić information content (AvgIpc) is 3.39. The molecule has 4 rings (SSSR count). The Labute approximate surface area is 253 Å². The van der Waals surface area contributed by atoms with Gasteiger partial charge in [0.25, 0.3) is 0 Å². The summed E-state index contributed by atoms with van der Waals surface area (Å²) in [7, 11) is 1.57. The molecule has 2 amide bonds. The standard InChI is InChI=1S/C35H40N2O6/c1-23(2)20-21-42-30(38)19-17-24(3)16-18-28-32(31-29(22-43-34(31)39)25(4)33(28)41-5)36-35(40)37(26-12-8-6-9-13-26)27-14-10-7-11-15-27/h6-16,23H,17-22H2,1-5H3,(H,36,40)/b24-16+. The van der Waals surface area contributed by atoms with Gasteiger partial charge in [-0.1, -0.05) is 61.9 Å². The second-order valence-electron chi connectivity index (χ2n) is 11.0. The first-order chi connectivity index (χ1) is 20.7. The first-order valence-corrected chi connectivity index (χ1v) is 14.6. The van der Waals surface area contributed by atoms with Crippen LogP contribution < -0.4 is 15.0 Å². The van der Waals surface area contributed by atoms with Crippen LogP contribution in [-0.4, -0.2) is 31.7 Å². The number of hydrogen-bond donors (Lipinski definition) is 1. The Morgan fingerprint density at radius 2 is 1.65 bits per heavy atom. The van der Waals surface area contributed by atoms with Crippen LogP contribution in [0.2, 0.25) is 0 Å². The molecule has 1 N–H and O–H groups in total. The summed E-state index contributed by atoms with van der Waals surface area (Å²) in [5.41, 5.74) is 5.16. The van der Waals surface area contributed by atoms with Gasteiger partial charge in [-0.2, -0.15) is 0 Å². The molecule has 43 heavy (non-hydrogen) atoms. The summed E-state index contributed by atoms with van der Waals surface area (Å²) in [6.07, 6.45) is 4.01. The van der Waals surface area contributed by atoms with Crippen molar-refractivity contribution in [1.29, 1.82) is 0 Å². The van der Waals surface area contributed by atoms with E-state index in [9.17, 15) is 14.4 Å². The summed E-state index contributed by atoms with van der Waals surface area (Å²) in [6, 6.07) is 18.2. The predicted octanol–water partition coefficient (Wildman–Crippen LogP) is 7.90. The van der Waals surface area contributed by atoms with E-state index in [-0.39, 0.29) is 19.0 Å². The highest BCUT2D eigenvalue weighted by Gasteiger charge is 2.33. The van der Waals surface area contributed by atoms with Gasteiger partial charge in [0, 0.05) is 17.5 Å². The third kappa shape index (κ3) is 7.63. The van der Waals surface area contributed by atoms with Crippen molar-refractivity contribution in [2.24, 2.45) is 5.92 Å². The van der Waals surface area contributed by atoms with Gasteiger partial charge >= 0.3 is 18.0 Å². The highest BCUT2D eigenvalue weighted by atomic mass is 16.5. The van der Waals surface area contributed by atoms with Crippen LogP contribution in [0, 0.1) is 12.8 Å². The number of ether oxygens (including phenoxy) is 3. The number of anilines is 3. The third-order valence-corrected chi connectivity index (χ3v) is 7.48. The van der Waals surface area contributed by atoms with E-state index in [1.807, 2.05) is 80.6 Å². The summed E-state index contributed by atoms with van der Waals surface area (Å²) in [4.78, 5) is 40.9. The molecule has 0 radical (unpaired) electrons. The number of fused-ring (bicyclic) bond motifs is 1. The molecule has 226 valence electrons. The summed E-state index contributed by atoms with van der Waals surface area (Å²) in [5.74, 6) is 0.333. The Morgan fingerprint density at radius 1 is 1.02 bits per heavy atom. The summed E-state index contributed by atoms with van der Waals surface area (Å²) >= 11 is 0. The molecular formula is C35H40N2O6. The zero-order valence-corrected chi connectivity index (χ0v) is 25.6. The number of cyclic esters (lactones) is 1. The van der Waals surface area contributed by atoms with E-state index in [1.54, 1.807) is 12.0 Å². The number of benzene rings is 3. The van der Waals surface area contributed by atoms with Crippen molar-refractivity contribution in [2.45, 2.75) is 60.0 Å². The van der Waals surface area contributed by atoms with Crippen molar-refractivity contribution in [3.63, 3.8) is 0 Å². The van der Waals surface area contributed by atoms with Crippen LogP contribution >= 0.6 is 0 Å². The first-order valence-electron chi connectivity index (χ1n) is 14.6. The molecule has 3 aromatic rings. The number of amides is 2. The molecule has 1 heterocycles. The van der Waals surface area contributed by atoms with E-state index in [1.165, 1.54) is 0 Å². The first kappa shape index (κ1) is 31.3. The second kappa shape index (κ2) is 14.5. The Bertz CT molecular complexity index is 1440. The van der Waals surface area contributed by atoms with Crippen molar-refractivity contribution in [1.82, 2.24) is 0 Å². The van der Waals surface area contributed by atoms with E-state index in [2.05, 4.69) is 19.2 Å². The Kier molecular flexibility index (Phi) is 10.6. The summed E-state index contributed by atoms with van der Waals surface area (Å²) in [6.45, 7) is 8.55. The van der Waals surface area contributed by atoms with Crippen LogP contribution in [0.15, 0.2) is 72.3 Å². The number of hydrogen-bond acceptors (Lipinski definition) is 6. The minimum absolute atomic E-state index is 0.106. The number of urea groups is 1. The van der Waals surface area contributed by atoms with Gasteiger partial charge in [0.2, 0.25) is 0 Å². The highest BCUT2D eigenvalue weighted by molar-refractivity contribution is 6.11. The fourth-order valence-corrected chi connectivity index (χ4v) is 5.05. The van der Waals surface area contributed by atoms with E-state index in [0.717, 1.165) is 17.6 Å². The molecule has 0 unspecified atom stereocenters. The van der Waals surface area contributed by atoms with Crippen LogP contribution in [0.25, 0.3) is 0 Å². The van der Waals surface area contributed by atoms with Gasteiger partial charge in [0.1, 0.15) is 12.4 Å². The summed E-state index contributed by atoms with van der Waals surface area (Å²) in [5, 5.41) is 3.05. The zero-order valence-electron chi connectivity index (χ0n) is 25.6. The van der Waals surface area contributed by atoms with Crippen molar-refractivity contribution in [2.75, 3.05) is 23.9 Å². The lowest BCUT2D eigenvalue weighted by atomic mass is 9.93. The maximum atomic E-state index is 14.1. The molecule has 8 nitrogen and oxygen atoms in total. The van der Waals surface area contributed by atoms with Crippen LogP contribution in [0.4, 0.5) is 21.9 Å². The second-order valence-corrected chi connectivity index (χ2v) is 11.0. The predicted molar refractivity (Wildman–Crippen MR) is 168 cm³/mol. The number of allylic oxidation sites excluding steroid dienone is 2. The Balaban J connectivity index is 1.66. The fraction of sp³-hybridized carbons (Fsp3) is 0.343. The molecular weight excluding hydrogens is 544 g/mol. The van der Waals surface area contributed by atoms with E-state index >= 15 is 0 Å². The molecule has 1 aliphatic heterocycles. The molecule has 0 atom stereocenters. The van der Waals surface area contributed by atoms with Crippen molar-refractivity contribution >= 4 is 35.0 Å². The Hall–Kier alpha value is -4.59. The quantitative estimate of drug-likeness (QED) is 0.172. The number of esters is 2. The van der Waals surface area contributed by atoms with Crippen molar-refractivity contribution < 1.29 is 28.6 Å². The monoisotopic (exact) mass is 584 g/mol. The average molecular weight is 585 g/mol. The number of nitrogens with one attached hydrogen (secondary N) is 1. The van der Waals surface area contributed by atoms with Gasteiger partial charge in [0.05, 0.1) is 36.3 Å². The van der Waals surface area contributed by atoms with Gasteiger partial charge < -0.3 is 19.5 Å². The SMILES string of the molecule is COc1c(C)c2c(c(NC(=O)N(c3ccccc3)c3ccccc3)c1C/C=C(\C)CCC(=O)OCCC(C)C)C(=O)OC2. The molecule has 0 bridgehead atoms. The molecule has 1 aliphatic rings. The Morgan fingerprint density at radius 3 is 2.23 bits per heavy atom. The number of para-hydroxylation sites is 2. The molecule has 3 aromatic carbocycles. The molecule has 8 heteroatoms. The molecule has 0 saturated carbocycles. The van der Waals surface area contributed by atoms with Gasteiger partial charge in [-0.3, -0.25) is 9.69 Å². The maximum Gasteiger partial charge on any atom is 0.341 e. The lowest BCUT2D eigenvalue weighted by Crippen LogP contribution is -2.32. The minimum Gasteiger partial charge on any atom is -0.496 e. The molecule has 0 aromatic heterocycles. The normalized spacial score (nSPS) is 12.5. The lowest BCUT2D eigenvalue weighted by Gasteiger charge is -2.26. The highest BCUT2D eigenvalue weighted by Crippen LogP contribution is 2.42. The molecule has 0 fully saturated rings. The van der Waals surface area contributed by atoms with Crippen LogP contribution in [0.5, 0.6) is 5.75 Å². The van der Waals surface area contributed by atoms with Crippen LogP contribution in [0.1, 0.15) is 67.1 Å². The van der Waals surface area contributed by atoms with E-state index in [0.29, 0.717) is 64.9 Å². The number of methoxy groups -OCH3 is 1. The zero-order chi connectivity index (χ0) is 30.9. The number of carbonyl (C=O) groups excluding carboxylic acids is 3. The number of nitrogens with zero attached hydrogens (tertiary/aromatic N) is 1. The fourth-order valence-electron chi connectivity index (χ4n) is 5.05. The van der Waals surface area contributed by atoms with Gasteiger partial charge in [-0.15, -0.1) is 0 Å². The largest absolute Gasteiger partial charge is 0.496 e. The topological polar surface area (TPSA) is 94.2 Å². The van der Waals surface area contributed by atoms with Crippen LogP contribution in [-0.2, 0) is 27.3 Å². The van der Waals surface area contributed by atoms with Gasteiger partial charge in [-0.25, -0.2) is 9.59 Å².